The number of nitro groups is 1. The Bertz CT molecular complexity index is 1510. The number of anilines is 2. The Kier molecular flexibility index (Phi) is 4.71. The molecular weight excluding hydrogens is 433 g/mol. The SMILES string of the molecule is COc1cc(F)c([N+](=O)[O-])cc1Nc1nc(-c2cn(C)c3ccccc23)c2sccc2n1. The molecule has 0 saturated heterocycles. The number of nitrogens with one attached hydrogen (secondary N) is 1. The van der Waals surface area contributed by atoms with E-state index >= 15 is 0 Å². The number of halogens is 1. The van der Waals surface area contributed by atoms with Gasteiger partial charge in [0.25, 0.3) is 0 Å². The fourth-order valence-electron chi connectivity index (χ4n) is 3.70. The van der Waals surface area contributed by atoms with E-state index in [4.69, 9.17) is 9.72 Å². The smallest absolute Gasteiger partial charge is 0.307 e. The van der Waals surface area contributed by atoms with Crippen molar-refractivity contribution in [1.29, 1.82) is 0 Å². The highest BCUT2D eigenvalue weighted by Gasteiger charge is 2.21. The maximum Gasteiger partial charge on any atom is 0.307 e. The van der Waals surface area contributed by atoms with Crippen LogP contribution in [0.2, 0.25) is 0 Å². The molecule has 2 aromatic carbocycles. The molecule has 8 nitrogen and oxygen atoms in total. The number of methoxy groups -OCH3 is 1. The van der Waals surface area contributed by atoms with Crippen molar-refractivity contribution in [2.24, 2.45) is 7.05 Å². The molecule has 0 fully saturated rings. The number of aryl methyl sites for hydroxylation is 1. The number of fused-ring (bicyclic) bond motifs is 2. The summed E-state index contributed by atoms with van der Waals surface area (Å²) in [5, 5.41) is 17.1. The molecule has 5 rings (SSSR count). The summed E-state index contributed by atoms with van der Waals surface area (Å²) >= 11 is 1.53. The number of ether oxygens (including phenoxy) is 1. The summed E-state index contributed by atoms with van der Waals surface area (Å²) in [4.78, 5) is 19.7. The fourth-order valence-corrected chi connectivity index (χ4v) is 4.54. The molecule has 5 aromatic rings. The van der Waals surface area contributed by atoms with E-state index in [1.165, 1.54) is 18.4 Å². The molecule has 0 bridgehead atoms. The van der Waals surface area contributed by atoms with Crippen molar-refractivity contribution in [3.63, 3.8) is 0 Å². The molecule has 0 aliphatic carbocycles. The van der Waals surface area contributed by atoms with E-state index in [-0.39, 0.29) is 17.4 Å². The van der Waals surface area contributed by atoms with Crippen LogP contribution >= 0.6 is 11.3 Å². The Morgan fingerprint density at radius 2 is 2.03 bits per heavy atom. The van der Waals surface area contributed by atoms with Crippen LogP contribution in [0.5, 0.6) is 5.75 Å². The number of benzene rings is 2. The third-order valence-electron chi connectivity index (χ3n) is 5.17. The molecule has 0 spiro atoms. The lowest BCUT2D eigenvalue weighted by molar-refractivity contribution is -0.387. The van der Waals surface area contributed by atoms with Crippen molar-refractivity contribution in [3.05, 3.63) is 70.0 Å². The standard InChI is InChI=1S/C22H16FN5O3S/c1-27-11-13(12-5-3-4-6-17(12)27)20-21-15(7-8-32-21)24-22(26-20)25-16-10-18(28(29)30)14(23)9-19(16)31-2/h3-11H,1-2H3,(H,24,25,26). The number of hydrogen-bond acceptors (Lipinski definition) is 7. The Morgan fingerprint density at radius 3 is 2.81 bits per heavy atom. The van der Waals surface area contributed by atoms with Crippen LogP contribution < -0.4 is 10.1 Å². The summed E-state index contributed by atoms with van der Waals surface area (Å²) < 4.78 is 22.2. The molecule has 32 heavy (non-hydrogen) atoms. The molecule has 160 valence electrons. The summed E-state index contributed by atoms with van der Waals surface area (Å²) in [6, 6.07) is 11.9. The van der Waals surface area contributed by atoms with Gasteiger partial charge in [-0.05, 0) is 17.5 Å². The van der Waals surface area contributed by atoms with Gasteiger partial charge in [-0.3, -0.25) is 10.1 Å². The highest BCUT2D eigenvalue weighted by molar-refractivity contribution is 7.17. The number of para-hydroxylation sites is 1. The van der Waals surface area contributed by atoms with Crippen LogP contribution in [0.4, 0.5) is 21.7 Å². The van der Waals surface area contributed by atoms with Crippen LogP contribution in [-0.4, -0.2) is 26.6 Å². The lowest BCUT2D eigenvalue weighted by Gasteiger charge is -2.11. The largest absolute Gasteiger partial charge is 0.494 e. The van der Waals surface area contributed by atoms with Gasteiger partial charge in [0.1, 0.15) is 5.75 Å². The van der Waals surface area contributed by atoms with Gasteiger partial charge in [0.2, 0.25) is 11.8 Å². The Morgan fingerprint density at radius 1 is 1.22 bits per heavy atom. The lowest BCUT2D eigenvalue weighted by Crippen LogP contribution is -2.03. The summed E-state index contributed by atoms with van der Waals surface area (Å²) in [7, 11) is 3.33. The molecule has 0 saturated carbocycles. The predicted octanol–water partition coefficient (Wildman–Crippen LogP) is 5.65. The number of thiophene rings is 1. The molecule has 0 atom stereocenters. The van der Waals surface area contributed by atoms with E-state index in [0.717, 1.165) is 44.5 Å². The first-order valence-electron chi connectivity index (χ1n) is 9.55. The molecule has 1 N–H and O–H groups in total. The number of nitrogens with zero attached hydrogens (tertiary/aromatic N) is 4. The third kappa shape index (κ3) is 3.21. The Balaban J connectivity index is 1.68. The topological polar surface area (TPSA) is 95.1 Å². The average Bonchev–Trinajstić information content (AvgIpc) is 3.38. The molecule has 10 heteroatoms. The van der Waals surface area contributed by atoms with Crippen molar-refractivity contribution in [1.82, 2.24) is 14.5 Å². The van der Waals surface area contributed by atoms with E-state index in [0.29, 0.717) is 0 Å². The summed E-state index contributed by atoms with van der Waals surface area (Å²) in [6.45, 7) is 0. The molecule has 3 heterocycles. The van der Waals surface area contributed by atoms with Crippen LogP contribution in [0.15, 0.2) is 54.0 Å². The number of nitro benzene ring substituents is 1. The van der Waals surface area contributed by atoms with Gasteiger partial charge >= 0.3 is 5.69 Å². The van der Waals surface area contributed by atoms with Crippen LogP contribution in [0.1, 0.15) is 0 Å². The zero-order valence-electron chi connectivity index (χ0n) is 17.0. The molecule has 0 aliphatic heterocycles. The minimum Gasteiger partial charge on any atom is -0.494 e. The van der Waals surface area contributed by atoms with Crippen molar-refractivity contribution < 1.29 is 14.1 Å². The zero-order chi connectivity index (χ0) is 22.4. The Labute approximate surface area is 185 Å². The molecule has 0 aliphatic rings. The van der Waals surface area contributed by atoms with Crippen LogP contribution in [0.3, 0.4) is 0 Å². The van der Waals surface area contributed by atoms with Gasteiger partial charge in [-0.2, -0.15) is 4.39 Å². The lowest BCUT2D eigenvalue weighted by atomic mass is 10.1. The second-order valence-corrected chi connectivity index (χ2v) is 8.00. The van der Waals surface area contributed by atoms with E-state index < -0.39 is 16.4 Å². The molecule has 0 unspecified atom stereocenters. The highest BCUT2D eigenvalue weighted by Crippen LogP contribution is 2.38. The number of rotatable bonds is 5. The average molecular weight is 449 g/mol. The van der Waals surface area contributed by atoms with Gasteiger partial charge < -0.3 is 14.6 Å². The minimum atomic E-state index is -0.983. The van der Waals surface area contributed by atoms with Gasteiger partial charge in [-0.1, -0.05) is 18.2 Å². The van der Waals surface area contributed by atoms with Gasteiger partial charge in [0.05, 0.1) is 33.6 Å². The second kappa shape index (κ2) is 7.57. The predicted molar refractivity (Wildman–Crippen MR) is 122 cm³/mol. The van der Waals surface area contributed by atoms with E-state index in [9.17, 15) is 14.5 Å². The summed E-state index contributed by atoms with van der Waals surface area (Å²) in [6.07, 6.45) is 2.01. The fraction of sp³-hybridized carbons (Fsp3) is 0.0909. The van der Waals surface area contributed by atoms with Gasteiger partial charge in [-0.25, -0.2) is 9.97 Å². The van der Waals surface area contributed by atoms with Crippen molar-refractivity contribution in [2.45, 2.75) is 0 Å². The second-order valence-electron chi connectivity index (χ2n) is 7.09. The van der Waals surface area contributed by atoms with Crippen molar-refractivity contribution >= 4 is 49.8 Å². The van der Waals surface area contributed by atoms with E-state index in [2.05, 4.69) is 10.3 Å². The van der Waals surface area contributed by atoms with Gasteiger partial charge in [0, 0.05) is 41.8 Å². The van der Waals surface area contributed by atoms with Crippen LogP contribution in [0.25, 0.3) is 32.4 Å². The number of aromatic nitrogens is 3. The highest BCUT2D eigenvalue weighted by atomic mass is 32.1. The third-order valence-corrected chi connectivity index (χ3v) is 6.08. The van der Waals surface area contributed by atoms with E-state index in [1.54, 1.807) is 0 Å². The van der Waals surface area contributed by atoms with Crippen molar-refractivity contribution in [3.8, 4) is 17.0 Å². The van der Waals surface area contributed by atoms with Crippen LogP contribution in [-0.2, 0) is 7.05 Å². The maximum absolute atomic E-state index is 14.0. The molecule has 3 aromatic heterocycles. The maximum atomic E-state index is 14.0. The van der Waals surface area contributed by atoms with Gasteiger partial charge in [-0.15, -0.1) is 11.3 Å². The summed E-state index contributed by atoms with van der Waals surface area (Å²) in [5.41, 5.74) is 3.00. The minimum absolute atomic E-state index is 0.105. The zero-order valence-corrected chi connectivity index (χ0v) is 17.8. The number of hydrogen-bond donors (Lipinski definition) is 1. The summed E-state index contributed by atoms with van der Waals surface area (Å²) in [5.74, 6) is -0.657. The monoisotopic (exact) mass is 449 g/mol. The molecule has 0 radical (unpaired) electrons. The first-order valence-corrected chi connectivity index (χ1v) is 10.4. The molecular formula is C22H16FN5O3S. The van der Waals surface area contributed by atoms with Gasteiger partial charge in [0.15, 0.2) is 0 Å². The first-order chi connectivity index (χ1) is 15.5. The van der Waals surface area contributed by atoms with Crippen molar-refractivity contribution in [2.75, 3.05) is 12.4 Å². The van der Waals surface area contributed by atoms with Crippen LogP contribution in [0, 0.1) is 15.9 Å². The normalized spacial score (nSPS) is 11.2. The van der Waals surface area contributed by atoms with E-state index in [1.807, 2.05) is 53.5 Å². The first kappa shape index (κ1) is 19.9. The molecule has 0 amide bonds. The Hall–Kier alpha value is -4.05. The quantitative estimate of drug-likeness (QED) is 0.275.